The van der Waals surface area contributed by atoms with Crippen molar-refractivity contribution >= 4 is 5.91 Å². The topological polar surface area (TPSA) is 29.1 Å². The molecule has 2 atom stereocenters. The van der Waals surface area contributed by atoms with Crippen molar-refractivity contribution in [3.8, 4) is 0 Å². The van der Waals surface area contributed by atoms with Gasteiger partial charge in [-0.1, -0.05) is 46.5 Å². The van der Waals surface area contributed by atoms with Crippen LogP contribution in [0.15, 0.2) is 0 Å². The van der Waals surface area contributed by atoms with Crippen molar-refractivity contribution in [1.29, 1.82) is 0 Å². The maximum absolute atomic E-state index is 11.6. The molecule has 2 heteroatoms. The number of nitrogens with one attached hydrogen (secondary N) is 1. The summed E-state index contributed by atoms with van der Waals surface area (Å²) in [5.41, 5.74) is 0. The Bertz CT molecular complexity index is 168. The minimum Gasteiger partial charge on any atom is -0.356 e. The summed E-state index contributed by atoms with van der Waals surface area (Å²) in [6.07, 6.45) is 6.06. The molecule has 0 saturated heterocycles. The maximum Gasteiger partial charge on any atom is 0.222 e. The summed E-state index contributed by atoms with van der Waals surface area (Å²) in [7, 11) is 0. The second kappa shape index (κ2) is 8.75. The third-order valence-electron chi connectivity index (χ3n) is 3.03. The Kier molecular flexibility index (Phi) is 8.44. The summed E-state index contributed by atoms with van der Waals surface area (Å²) in [4.78, 5) is 11.6. The molecule has 0 aliphatic heterocycles. The van der Waals surface area contributed by atoms with Crippen LogP contribution in [0.3, 0.4) is 0 Å². The molecule has 2 unspecified atom stereocenters. The molecule has 0 radical (unpaired) electrons. The zero-order valence-corrected chi connectivity index (χ0v) is 10.8. The van der Waals surface area contributed by atoms with Gasteiger partial charge in [0.05, 0.1) is 0 Å². The number of carbonyl (C=O) groups excluding carboxylic acids is 1. The Labute approximate surface area is 94.8 Å². The number of carbonyl (C=O) groups is 1. The third kappa shape index (κ3) is 6.53. The predicted molar refractivity (Wildman–Crippen MR) is 65.8 cm³/mol. The normalized spacial score (nSPS) is 14.7. The van der Waals surface area contributed by atoms with E-state index < -0.39 is 0 Å². The van der Waals surface area contributed by atoms with Gasteiger partial charge in [-0.3, -0.25) is 4.79 Å². The minimum absolute atomic E-state index is 0.173. The van der Waals surface area contributed by atoms with Gasteiger partial charge in [0.1, 0.15) is 0 Å². The number of amides is 1. The van der Waals surface area contributed by atoms with Crippen molar-refractivity contribution in [2.75, 3.05) is 6.54 Å². The number of unbranched alkanes of at least 4 members (excludes halogenated alkanes) is 1. The molecule has 0 aromatic heterocycles. The summed E-state index contributed by atoms with van der Waals surface area (Å²) < 4.78 is 0. The van der Waals surface area contributed by atoms with Crippen LogP contribution >= 0.6 is 0 Å². The first kappa shape index (κ1) is 14.5. The van der Waals surface area contributed by atoms with Gasteiger partial charge >= 0.3 is 0 Å². The average molecular weight is 213 g/mol. The Balaban J connectivity index is 3.88. The summed E-state index contributed by atoms with van der Waals surface area (Å²) in [5, 5.41) is 2.89. The Hall–Kier alpha value is -0.530. The molecule has 0 heterocycles. The van der Waals surface area contributed by atoms with Crippen LogP contribution in [0.1, 0.15) is 59.8 Å². The molecule has 0 fully saturated rings. The van der Waals surface area contributed by atoms with E-state index in [1.807, 2.05) is 13.8 Å². The summed E-state index contributed by atoms with van der Waals surface area (Å²) in [6, 6.07) is 0. The van der Waals surface area contributed by atoms with Crippen molar-refractivity contribution < 1.29 is 4.79 Å². The zero-order valence-electron chi connectivity index (χ0n) is 10.8. The second-order valence-electron chi connectivity index (χ2n) is 4.45. The first-order valence-corrected chi connectivity index (χ1v) is 6.43. The Morgan fingerprint density at radius 1 is 1.27 bits per heavy atom. The number of rotatable bonds is 8. The van der Waals surface area contributed by atoms with Crippen molar-refractivity contribution in [2.24, 2.45) is 11.8 Å². The largest absolute Gasteiger partial charge is 0.356 e. The van der Waals surface area contributed by atoms with Gasteiger partial charge in [0.2, 0.25) is 5.91 Å². The highest BCUT2D eigenvalue weighted by Gasteiger charge is 2.16. The first-order chi connectivity index (χ1) is 7.15. The molecule has 1 N–H and O–H groups in total. The van der Waals surface area contributed by atoms with E-state index in [2.05, 4.69) is 19.2 Å². The molecule has 15 heavy (non-hydrogen) atoms. The lowest BCUT2D eigenvalue weighted by molar-refractivity contribution is -0.124. The lowest BCUT2D eigenvalue weighted by atomic mass is 9.89. The van der Waals surface area contributed by atoms with E-state index in [9.17, 15) is 4.79 Å². The van der Waals surface area contributed by atoms with Gasteiger partial charge in [0.15, 0.2) is 0 Å². The fourth-order valence-corrected chi connectivity index (χ4v) is 1.94. The van der Waals surface area contributed by atoms with Crippen LogP contribution in [0.2, 0.25) is 0 Å². The molecule has 2 nitrogen and oxygen atoms in total. The average Bonchev–Trinajstić information content (AvgIpc) is 2.24. The van der Waals surface area contributed by atoms with E-state index in [4.69, 9.17) is 0 Å². The summed E-state index contributed by atoms with van der Waals surface area (Å²) in [6.45, 7) is 9.21. The fraction of sp³-hybridized carbons (Fsp3) is 0.923. The van der Waals surface area contributed by atoms with Gasteiger partial charge in [0, 0.05) is 12.5 Å². The minimum atomic E-state index is 0.173. The molecule has 0 aromatic rings. The monoisotopic (exact) mass is 213 g/mol. The molecular weight excluding hydrogens is 186 g/mol. The van der Waals surface area contributed by atoms with Crippen molar-refractivity contribution in [3.63, 3.8) is 0 Å². The Morgan fingerprint density at radius 2 is 1.93 bits per heavy atom. The fourth-order valence-electron chi connectivity index (χ4n) is 1.94. The van der Waals surface area contributed by atoms with Gasteiger partial charge < -0.3 is 5.32 Å². The molecule has 0 aliphatic carbocycles. The van der Waals surface area contributed by atoms with Gasteiger partial charge in [-0.15, -0.1) is 0 Å². The predicted octanol–water partition coefficient (Wildman–Crippen LogP) is 3.37. The van der Waals surface area contributed by atoms with E-state index in [1.165, 1.54) is 25.7 Å². The van der Waals surface area contributed by atoms with Crippen molar-refractivity contribution in [3.05, 3.63) is 0 Å². The maximum atomic E-state index is 11.6. The molecule has 90 valence electrons. The standard InChI is InChI=1S/C13H27NO/c1-5-8-9-12(6-2)10-11(4)13(15)14-7-3/h11-12H,5-10H2,1-4H3,(H,14,15). The van der Waals surface area contributed by atoms with Gasteiger partial charge in [0.25, 0.3) is 0 Å². The van der Waals surface area contributed by atoms with Crippen molar-refractivity contribution in [1.82, 2.24) is 5.32 Å². The Morgan fingerprint density at radius 3 is 2.40 bits per heavy atom. The van der Waals surface area contributed by atoms with Crippen LogP contribution in [0.5, 0.6) is 0 Å². The van der Waals surface area contributed by atoms with Gasteiger partial charge in [-0.2, -0.15) is 0 Å². The zero-order chi connectivity index (χ0) is 11.7. The highest BCUT2D eigenvalue weighted by Crippen LogP contribution is 2.21. The molecule has 0 aliphatic rings. The number of hydrogen-bond acceptors (Lipinski definition) is 1. The molecular formula is C13H27NO. The molecule has 0 aromatic carbocycles. The highest BCUT2D eigenvalue weighted by molar-refractivity contribution is 5.78. The molecule has 0 spiro atoms. The smallest absolute Gasteiger partial charge is 0.222 e. The van der Waals surface area contributed by atoms with Crippen LogP contribution in [-0.4, -0.2) is 12.5 Å². The molecule has 0 rings (SSSR count). The quantitative estimate of drug-likeness (QED) is 0.658. The summed E-state index contributed by atoms with van der Waals surface area (Å²) >= 11 is 0. The third-order valence-corrected chi connectivity index (χ3v) is 3.03. The lowest BCUT2D eigenvalue weighted by Crippen LogP contribution is -2.30. The number of hydrogen-bond donors (Lipinski definition) is 1. The highest BCUT2D eigenvalue weighted by atomic mass is 16.1. The van der Waals surface area contributed by atoms with Crippen LogP contribution in [-0.2, 0) is 4.79 Å². The van der Waals surface area contributed by atoms with E-state index >= 15 is 0 Å². The van der Waals surface area contributed by atoms with Crippen LogP contribution in [0.25, 0.3) is 0 Å². The van der Waals surface area contributed by atoms with E-state index in [0.29, 0.717) is 0 Å². The van der Waals surface area contributed by atoms with Crippen molar-refractivity contribution in [2.45, 2.75) is 59.8 Å². The molecule has 1 amide bonds. The van der Waals surface area contributed by atoms with Crippen LogP contribution in [0.4, 0.5) is 0 Å². The van der Waals surface area contributed by atoms with E-state index in [-0.39, 0.29) is 11.8 Å². The molecule has 0 saturated carbocycles. The summed E-state index contributed by atoms with van der Waals surface area (Å²) in [5.74, 6) is 1.11. The van der Waals surface area contributed by atoms with Crippen LogP contribution in [0, 0.1) is 11.8 Å². The SMILES string of the molecule is CCCCC(CC)CC(C)C(=O)NCC. The van der Waals surface area contributed by atoms with Gasteiger partial charge in [-0.25, -0.2) is 0 Å². The second-order valence-corrected chi connectivity index (χ2v) is 4.45. The lowest BCUT2D eigenvalue weighted by Gasteiger charge is -2.18. The molecule has 0 bridgehead atoms. The van der Waals surface area contributed by atoms with E-state index in [1.54, 1.807) is 0 Å². The van der Waals surface area contributed by atoms with Crippen LogP contribution < -0.4 is 5.32 Å². The first-order valence-electron chi connectivity index (χ1n) is 6.43. The van der Waals surface area contributed by atoms with Gasteiger partial charge in [-0.05, 0) is 19.3 Å². The van der Waals surface area contributed by atoms with E-state index in [0.717, 1.165) is 18.9 Å².